The van der Waals surface area contributed by atoms with Gasteiger partial charge in [0.2, 0.25) is 10.0 Å². The number of hydrogen-bond acceptors (Lipinski definition) is 7. The fourth-order valence-electron chi connectivity index (χ4n) is 3.15. The van der Waals surface area contributed by atoms with Gasteiger partial charge in [-0.3, -0.25) is 9.12 Å². The van der Waals surface area contributed by atoms with Crippen LogP contribution in [0.2, 0.25) is 0 Å². The van der Waals surface area contributed by atoms with E-state index in [-0.39, 0.29) is 22.8 Å². The summed E-state index contributed by atoms with van der Waals surface area (Å²) in [7, 11) is -2.39. The Balaban J connectivity index is 2.17. The Kier molecular flexibility index (Phi) is 7.15. The number of aliphatic hydroxyl groups is 1. The average Bonchev–Trinajstić information content (AvgIpc) is 3.06. The molecule has 11 heteroatoms. The van der Waals surface area contributed by atoms with Gasteiger partial charge in [0, 0.05) is 22.6 Å². The number of nitrogens with zero attached hydrogens (tertiary/aromatic N) is 2. The number of aromatic nitrogens is 2. The van der Waals surface area contributed by atoms with Crippen molar-refractivity contribution in [1.82, 2.24) is 9.38 Å². The quantitative estimate of drug-likeness (QED) is 0.450. The van der Waals surface area contributed by atoms with Gasteiger partial charge in [-0.15, -0.1) is 11.8 Å². The zero-order valence-electron chi connectivity index (χ0n) is 19.3. The third-order valence-electron chi connectivity index (χ3n) is 4.31. The molecular formula is C22H28FN3O5S2. The van der Waals surface area contributed by atoms with E-state index in [0.29, 0.717) is 22.7 Å². The van der Waals surface area contributed by atoms with E-state index >= 15 is 0 Å². The molecule has 0 radical (unpaired) electrons. The average molecular weight is 498 g/mol. The van der Waals surface area contributed by atoms with E-state index < -0.39 is 21.9 Å². The van der Waals surface area contributed by atoms with Gasteiger partial charge in [0.05, 0.1) is 41.9 Å². The molecule has 1 atom stereocenters. The molecule has 0 unspecified atom stereocenters. The van der Waals surface area contributed by atoms with Gasteiger partial charge in [-0.1, -0.05) is 20.8 Å². The predicted molar refractivity (Wildman–Crippen MR) is 128 cm³/mol. The number of pyridine rings is 1. The number of fused-ring (bicyclic) bond motifs is 1. The molecule has 0 amide bonds. The maximum Gasteiger partial charge on any atom is 0.229 e. The number of sulfonamides is 1. The number of imidazole rings is 1. The minimum absolute atomic E-state index is 0.00822. The fourth-order valence-corrected chi connectivity index (χ4v) is 4.74. The van der Waals surface area contributed by atoms with Crippen LogP contribution >= 0.6 is 11.8 Å². The lowest BCUT2D eigenvalue weighted by atomic mass is 10.1. The Morgan fingerprint density at radius 3 is 2.58 bits per heavy atom. The van der Waals surface area contributed by atoms with Crippen LogP contribution in [0.25, 0.3) is 16.9 Å². The summed E-state index contributed by atoms with van der Waals surface area (Å²) in [4.78, 5) is 5.23. The molecule has 180 valence electrons. The van der Waals surface area contributed by atoms with Crippen molar-refractivity contribution in [3.63, 3.8) is 0 Å². The molecule has 0 aliphatic heterocycles. The SMILES string of the molecule is COc1c(F)cc(-c2cnc3cc(OC[C@H](C)O)c(SC(C)(C)C)cn23)cc1NS(C)(=O)=O. The van der Waals surface area contributed by atoms with Gasteiger partial charge in [0.15, 0.2) is 11.6 Å². The van der Waals surface area contributed by atoms with E-state index in [0.717, 1.165) is 11.2 Å². The number of anilines is 1. The van der Waals surface area contributed by atoms with Crippen molar-refractivity contribution in [3.8, 4) is 22.8 Å². The first-order chi connectivity index (χ1) is 15.3. The van der Waals surface area contributed by atoms with Crippen molar-refractivity contribution in [3.05, 3.63) is 36.4 Å². The number of aliphatic hydroxyl groups excluding tert-OH is 1. The second kappa shape index (κ2) is 9.40. The van der Waals surface area contributed by atoms with Crippen molar-refractivity contribution in [2.24, 2.45) is 0 Å². The van der Waals surface area contributed by atoms with Gasteiger partial charge in [0.25, 0.3) is 0 Å². The zero-order chi connectivity index (χ0) is 24.6. The number of methoxy groups -OCH3 is 1. The highest BCUT2D eigenvalue weighted by Crippen LogP contribution is 2.40. The lowest BCUT2D eigenvalue weighted by Gasteiger charge is -2.21. The molecule has 8 nitrogen and oxygen atoms in total. The topological polar surface area (TPSA) is 102 Å². The Morgan fingerprint density at radius 1 is 1.30 bits per heavy atom. The van der Waals surface area contributed by atoms with Crippen LogP contribution in [-0.4, -0.2) is 53.7 Å². The molecule has 0 spiro atoms. The van der Waals surface area contributed by atoms with E-state index in [9.17, 15) is 17.9 Å². The number of rotatable bonds is 8. The normalized spacial score (nSPS) is 13.2. The number of hydrogen-bond donors (Lipinski definition) is 2. The van der Waals surface area contributed by atoms with Crippen LogP contribution in [0.15, 0.2) is 35.5 Å². The molecule has 0 saturated carbocycles. The molecule has 3 rings (SSSR count). The lowest BCUT2D eigenvalue weighted by molar-refractivity contribution is 0.121. The zero-order valence-corrected chi connectivity index (χ0v) is 21.0. The van der Waals surface area contributed by atoms with Gasteiger partial charge in [0.1, 0.15) is 18.0 Å². The molecule has 0 aliphatic rings. The van der Waals surface area contributed by atoms with Crippen molar-refractivity contribution in [2.45, 2.75) is 43.4 Å². The second-order valence-electron chi connectivity index (χ2n) is 8.66. The van der Waals surface area contributed by atoms with E-state index in [1.54, 1.807) is 35.3 Å². The van der Waals surface area contributed by atoms with Gasteiger partial charge in [-0.05, 0) is 19.1 Å². The van der Waals surface area contributed by atoms with Crippen molar-refractivity contribution in [1.29, 1.82) is 0 Å². The highest BCUT2D eigenvalue weighted by molar-refractivity contribution is 8.00. The highest BCUT2D eigenvalue weighted by atomic mass is 32.2. The Morgan fingerprint density at radius 2 is 2.00 bits per heavy atom. The van der Waals surface area contributed by atoms with Gasteiger partial charge < -0.3 is 14.6 Å². The first kappa shape index (κ1) is 25.1. The first-order valence-electron chi connectivity index (χ1n) is 10.1. The van der Waals surface area contributed by atoms with Crippen LogP contribution in [0.4, 0.5) is 10.1 Å². The molecule has 1 aromatic carbocycles. The minimum Gasteiger partial charge on any atom is -0.492 e. The molecule has 3 aromatic rings. The summed E-state index contributed by atoms with van der Waals surface area (Å²) in [6, 6.07) is 4.53. The molecule has 0 fully saturated rings. The number of ether oxygens (including phenoxy) is 2. The summed E-state index contributed by atoms with van der Waals surface area (Å²) < 4.78 is 53.2. The Hall–Kier alpha value is -2.50. The van der Waals surface area contributed by atoms with Gasteiger partial charge in [-0.25, -0.2) is 17.8 Å². The standard InChI is InChI=1S/C22H28FN3O5S2/c1-13(27)12-31-18-9-20-24-10-17(26(20)11-19(18)32-22(2,3)4)14-7-15(23)21(30-5)16(8-14)25-33(6,28)29/h7-11,13,25,27H,12H2,1-6H3/t13-/m0/s1. The number of benzene rings is 1. The summed E-state index contributed by atoms with van der Waals surface area (Å²) in [5.74, 6) is -0.325. The Labute approximate surface area is 197 Å². The van der Waals surface area contributed by atoms with Crippen LogP contribution in [0, 0.1) is 5.82 Å². The molecule has 0 aliphatic carbocycles. The molecule has 2 aromatic heterocycles. The first-order valence-corrected chi connectivity index (χ1v) is 12.8. The van der Waals surface area contributed by atoms with E-state index in [1.165, 1.54) is 19.2 Å². The van der Waals surface area contributed by atoms with Crippen molar-refractivity contribution >= 4 is 33.1 Å². The van der Waals surface area contributed by atoms with Gasteiger partial charge >= 0.3 is 0 Å². The third-order valence-corrected chi connectivity index (χ3v) is 6.04. The van der Waals surface area contributed by atoms with Crippen LogP contribution in [0.1, 0.15) is 27.7 Å². The largest absolute Gasteiger partial charge is 0.492 e. The minimum atomic E-state index is -3.66. The maximum atomic E-state index is 14.8. The van der Waals surface area contributed by atoms with Crippen LogP contribution in [0.3, 0.4) is 0 Å². The number of halogens is 1. The summed E-state index contributed by atoms with van der Waals surface area (Å²) in [6.45, 7) is 7.97. The van der Waals surface area contributed by atoms with Gasteiger partial charge in [-0.2, -0.15) is 0 Å². The maximum absolute atomic E-state index is 14.8. The molecule has 2 heterocycles. The summed E-state index contributed by atoms with van der Waals surface area (Å²) in [5.41, 5.74) is 1.51. The van der Waals surface area contributed by atoms with Crippen molar-refractivity contribution < 1.29 is 27.4 Å². The number of thioether (sulfide) groups is 1. The predicted octanol–water partition coefficient (Wildman–Crippen LogP) is 4.17. The molecule has 2 N–H and O–H groups in total. The fraction of sp³-hybridized carbons (Fsp3) is 0.409. The molecule has 0 bridgehead atoms. The van der Waals surface area contributed by atoms with Crippen LogP contribution in [-0.2, 0) is 10.0 Å². The summed E-state index contributed by atoms with van der Waals surface area (Å²) >= 11 is 1.58. The highest BCUT2D eigenvalue weighted by Gasteiger charge is 2.21. The third kappa shape index (κ3) is 6.30. The van der Waals surface area contributed by atoms with E-state index in [4.69, 9.17) is 9.47 Å². The van der Waals surface area contributed by atoms with E-state index in [2.05, 4.69) is 30.5 Å². The van der Waals surface area contributed by atoms with Crippen molar-refractivity contribution in [2.75, 3.05) is 24.7 Å². The second-order valence-corrected chi connectivity index (χ2v) is 12.3. The lowest BCUT2D eigenvalue weighted by Crippen LogP contribution is -2.14. The number of nitrogens with one attached hydrogen (secondary N) is 1. The summed E-state index contributed by atoms with van der Waals surface area (Å²) in [5, 5.41) is 9.63. The summed E-state index contributed by atoms with van der Waals surface area (Å²) in [6.07, 6.45) is 3.77. The monoisotopic (exact) mass is 497 g/mol. The molecule has 33 heavy (non-hydrogen) atoms. The van der Waals surface area contributed by atoms with Crippen LogP contribution < -0.4 is 14.2 Å². The molecular weight excluding hydrogens is 469 g/mol. The van der Waals surface area contributed by atoms with E-state index in [1.807, 2.05) is 6.20 Å². The van der Waals surface area contributed by atoms with Crippen LogP contribution in [0.5, 0.6) is 11.5 Å². The Bertz CT molecular complexity index is 1270. The molecule has 0 saturated heterocycles. The smallest absolute Gasteiger partial charge is 0.229 e.